The molecule has 0 saturated heterocycles. The van der Waals surface area contributed by atoms with E-state index >= 15 is 0 Å². The lowest BCUT2D eigenvalue weighted by Gasteiger charge is -2.01. The highest BCUT2D eigenvalue weighted by atomic mass is 16.5. The first kappa shape index (κ1) is 9.84. The van der Waals surface area contributed by atoms with Crippen LogP contribution in [0.1, 0.15) is 29.9 Å². The van der Waals surface area contributed by atoms with Crippen molar-refractivity contribution in [2.45, 2.75) is 20.3 Å². The number of hydrogen-bond donors (Lipinski definition) is 0. The van der Waals surface area contributed by atoms with Gasteiger partial charge in [-0.2, -0.15) is 0 Å². The predicted molar refractivity (Wildman–Crippen MR) is 50.7 cm³/mol. The summed E-state index contributed by atoms with van der Waals surface area (Å²) in [7, 11) is 1.85. The Balaban J connectivity index is 2.87. The molecule has 0 radical (unpaired) electrons. The molecule has 3 heteroatoms. The van der Waals surface area contributed by atoms with E-state index in [1.807, 2.05) is 26.2 Å². The Bertz CT molecular complexity index is 302. The van der Waals surface area contributed by atoms with Gasteiger partial charge in [0.2, 0.25) is 0 Å². The van der Waals surface area contributed by atoms with Crippen LogP contribution in [0, 0.1) is 0 Å². The third kappa shape index (κ3) is 2.11. The summed E-state index contributed by atoms with van der Waals surface area (Å²) in [5.41, 5.74) is 1.78. The van der Waals surface area contributed by atoms with Gasteiger partial charge in [0.25, 0.3) is 0 Å². The highest BCUT2D eigenvalue weighted by molar-refractivity contribution is 5.88. The highest BCUT2D eigenvalue weighted by Crippen LogP contribution is 2.08. The van der Waals surface area contributed by atoms with E-state index in [0.29, 0.717) is 12.3 Å². The van der Waals surface area contributed by atoms with Crippen LogP contribution in [-0.2, 0) is 18.2 Å². The molecule has 0 spiro atoms. The zero-order valence-electron chi connectivity index (χ0n) is 8.33. The quantitative estimate of drug-likeness (QED) is 0.665. The molecule has 1 heterocycles. The molecule has 0 atom stereocenters. The monoisotopic (exact) mass is 181 g/mol. The van der Waals surface area contributed by atoms with E-state index in [1.165, 1.54) is 0 Å². The maximum atomic E-state index is 11.4. The molecule has 0 amide bonds. The fraction of sp³-hybridized carbons (Fsp3) is 0.500. The SMILES string of the molecule is CCOC(=O)c1cc(CC)cn1C. The summed E-state index contributed by atoms with van der Waals surface area (Å²) >= 11 is 0. The third-order valence-electron chi connectivity index (χ3n) is 1.95. The fourth-order valence-electron chi connectivity index (χ4n) is 1.23. The van der Waals surface area contributed by atoms with Crippen molar-refractivity contribution in [3.05, 3.63) is 23.5 Å². The molecule has 0 unspecified atom stereocenters. The van der Waals surface area contributed by atoms with E-state index in [9.17, 15) is 4.79 Å². The first-order chi connectivity index (χ1) is 6.19. The first-order valence-corrected chi connectivity index (χ1v) is 4.51. The van der Waals surface area contributed by atoms with Crippen molar-refractivity contribution in [1.82, 2.24) is 4.57 Å². The van der Waals surface area contributed by atoms with E-state index in [-0.39, 0.29) is 5.97 Å². The van der Waals surface area contributed by atoms with Gasteiger partial charge < -0.3 is 9.30 Å². The first-order valence-electron chi connectivity index (χ1n) is 4.51. The van der Waals surface area contributed by atoms with Gasteiger partial charge in [0.1, 0.15) is 5.69 Å². The van der Waals surface area contributed by atoms with Crippen LogP contribution in [0.3, 0.4) is 0 Å². The maximum absolute atomic E-state index is 11.4. The minimum atomic E-state index is -0.246. The van der Waals surface area contributed by atoms with Crippen LogP contribution in [0.5, 0.6) is 0 Å². The van der Waals surface area contributed by atoms with Gasteiger partial charge >= 0.3 is 5.97 Å². The zero-order chi connectivity index (χ0) is 9.84. The summed E-state index contributed by atoms with van der Waals surface area (Å²) < 4.78 is 6.71. The molecule has 13 heavy (non-hydrogen) atoms. The Morgan fingerprint density at radius 1 is 1.54 bits per heavy atom. The number of rotatable bonds is 3. The Hall–Kier alpha value is -1.25. The zero-order valence-corrected chi connectivity index (χ0v) is 8.33. The van der Waals surface area contributed by atoms with Gasteiger partial charge in [-0.15, -0.1) is 0 Å². The number of aryl methyl sites for hydroxylation is 2. The summed E-state index contributed by atoms with van der Waals surface area (Å²) in [4.78, 5) is 11.4. The van der Waals surface area contributed by atoms with Gasteiger partial charge in [-0.1, -0.05) is 6.92 Å². The average molecular weight is 181 g/mol. The van der Waals surface area contributed by atoms with Gasteiger partial charge in [-0.3, -0.25) is 0 Å². The van der Waals surface area contributed by atoms with Crippen LogP contribution in [0.4, 0.5) is 0 Å². The van der Waals surface area contributed by atoms with Crippen LogP contribution in [0.25, 0.3) is 0 Å². The Morgan fingerprint density at radius 3 is 2.69 bits per heavy atom. The number of carbonyl (C=O) groups excluding carboxylic acids is 1. The lowest BCUT2D eigenvalue weighted by atomic mass is 10.2. The lowest BCUT2D eigenvalue weighted by molar-refractivity contribution is 0.0515. The largest absolute Gasteiger partial charge is 0.461 e. The van der Waals surface area contributed by atoms with Crippen LogP contribution >= 0.6 is 0 Å². The molecule has 72 valence electrons. The van der Waals surface area contributed by atoms with E-state index in [4.69, 9.17) is 4.74 Å². The number of hydrogen-bond acceptors (Lipinski definition) is 2. The lowest BCUT2D eigenvalue weighted by Crippen LogP contribution is -2.08. The second-order valence-corrected chi connectivity index (χ2v) is 2.92. The van der Waals surface area contributed by atoms with Crippen molar-refractivity contribution in [1.29, 1.82) is 0 Å². The topological polar surface area (TPSA) is 31.2 Å². The van der Waals surface area contributed by atoms with Crippen LogP contribution < -0.4 is 0 Å². The van der Waals surface area contributed by atoms with Gasteiger partial charge in [0, 0.05) is 13.2 Å². The summed E-state index contributed by atoms with van der Waals surface area (Å²) in [6, 6.07) is 1.87. The van der Waals surface area contributed by atoms with E-state index in [0.717, 1.165) is 12.0 Å². The molecular weight excluding hydrogens is 166 g/mol. The Morgan fingerprint density at radius 2 is 2.23 bits per heavy atom. The van der Waals surface area contributed by atoms with Crippen LogP contribution in [0.2, 0.25) is 0 Å². The molecular formula is C10H15NO2. The fourth-order valence-corrected chi connectivity index (χ4v) is 1.23. The summed E-state index contributed by atoms with van der Waals surface area (Å²) in [6.45, 7) is 4.29. The molecule has 1 aromatic heterocycles. The number of esters is 1. The molecule has 0 aliphatic heterocycles. The smallest absolute Gasteiger partial charge is 0.354 e. The van der Waals surface area contributed by atoms with Gasteiger partial charge in [0.05, 0.1) is 6.61 Å². The molecule has 0 bridgehead atoms. The summed E-state index contributed by atoms with van der Waals surface area (Å²) in [5, 5.41) is 0. The van der Waals surface area contributed by atoms with Crippen molar-refractivity contribution < 1.29 is 9.53 Å². The van der Waals surface area contributed by atoms with Crippen LogP contribution in [-0.4, -0.2) is 17.1 Å². The molecule has 0 aliphatic rings. The predicted octanol–water partition coefficient (Wildman–Crippen LogP) is 1.76. The maximum Gasteiger partial charge on any atom is 0.354 e. The molecule has 1 rings (SSSR count). The van der Waals surface area contributed by atoms with Crippen molar-refractivity contribution in [2.24, 2.45) is 7.05 Å². The number of nitrogens with zero attached hydrogens (tertiary/aromatic N) is 1. The van der Waals surface area contributed by atoms with E-state index in [2.05, 4.69) is 6.92 Å². The highest BCUT2D eigenvalue weighted by Gasteiger charge is 2.11. The average Bonchev–Trinajstić information content (AvgIpc) is 2.47. The molecule has 1 aromatic rings. The van der Waals surface area contributed by atoms with Crippen LogP contribution in [0.15, 0.2) is 12.3 Å². The Labute approximate surface area is 78.3 Å². The van der Waals surface area contributed by atoms with Gasteiger partial charge in [-0.05, 0) is 25.0 Å². The minimum absolute atomic E-state index is 0.246. The van der Waals surface area contributed by atoms with Gasteiger partial charge in [0.15, 0.2) is 0 Å². The Kier molecular flexibility index (Phi) is 3.12. The molecule has 0 fully saturated rings. The number of aromatic nitrogens is 1. The second-order valence-electron chi connectivity index (χ2n) is 2.92. The van der Waals surface area contributed by atoms with Crippen molar-refractivity contribution in [2.75, 3.05) is 6.61 Å². The van der Waals surface area contributed by atoms with Crippen molar-refractivity contribution in [3.63, 3.8) is 0 Å². The standard InChI is InChI=1S/C10H15NO2/c1-4-8-6-9(11(3)7-8)10(12)13-5-2/h6-7H,4-5H2,1-3H3. The number of ether oxygens (including phenoxy) is 1. The normalized spacial score (nSPS) is 10.1. The van der Waals surface area contributed by atoms with E-state index < -0.39 is 0 Å². The molecule has 0 N–H and O–H groups in total. The molecule has 0 aliphatic carbocycles. The third-order valence-corrected chi connectivity index (χ3v) is 1.95. The molecule has 3 nitrogen and oxygen atoms in total. The van der Waals surface area contributed by atoms with Crippen molar-refractivity contribution >= 4 is 5.97 Å². The summed E-state index contributed by atoms with van der Waals surface area (Å²) in [5.74, 6) is -0.246. The second kappa shape index (κ2) is 4.12. The van der Waals surface area contributed by atoms with E-state index in [1.54, 1.807) is 4.57 Å². The summed E-state index contributed by atoms with van der Waals surface area (Å²) in [6.07, 6.45) is 2.89. The van der Waals surface area contributed by atoms with Gasteiger partial charge in [-0.25, -0.2) is 4.79 Å². The van der Waals surface area contributed by atoms with Crippen molar-refractivity contribution in [3.8, 4) is 0 Å². The molecule has 0 saturated carbocycles. The minimum Gasteiger partial charge on any atom is -0.461 e. The molecule has 0 aromatic carbocycles. The number of carbonyl (C=O) groups is 1.